The van der Waals surface area contributed by atoms with Crippen molar-refractivity contribution in [3.8, 4) is 0 Å². The first-order valence-electron chi connectivity index (χ1n) is 6.55. The highest BCUT2D eigenvalue weighted by Gasteiger charge is 2.39. The topological polar surface area (TPSA) is 29.0 Å². The van der Waals surface area contributed by atoms with E-state index in [0.29, 0.717) is 11.2 Å². The first-order valence-corrected chi connectivity index (χ1v) is 6.93. The Balaban J connectivity index is 1.94. The van der Waals surface area contributed by atoms with Gasteiger partial charge in [-0.15, -0.1) is 0 Å². The molecule has 1 aromatic rings. The van der Waals surface area contributed by atoms with Gasteiger partial charge >= 0.3 is 0 Å². The van der Waals surface area contributed by atoms with Crippen molar-refractivity contribution in [1.29, 1.82) is 0 Å². The van der Waals surface area contributed by atoms with Crippen molar-refractivity contribution in [2.75, 3.05) is 11.4 Å². The lowest BCUT2D eigenvalue weighted by Crippen LogP contribution is -2.33. The molecule has 1 aliphatic carbocycles. The minimum Gasteiger partial charge on any atom is -0.353 e. The van der Waals surface area contributed by atoms with Gasteiger partial charge < -0.3 is 4.90 Å². The van der Waals surface area contributed by atoms with Crippen LogP contribution in [0.4, 0.5) is 5.82 Å². The Morgan fingerprint density at radius 3 is 2.94 bits per heavy atom. The fourth-order valence-electron chi connectivity index (χ4n) is 3.28. The van der Waals surface area contributed by atoms with Gasteiger partial charge in [0.25, 0.3) is 0 Å². The molecule has 2 aliphatic rings. The van der Waals surface area contributed by atoms with E-state index in [1.165, 1.54) is 19.3 Å². The normalized spacial score (nSPS) is 26.8. The molecular weight excluding hydrogens is 234 g/mol. The van der Waals surface area contributed by atoms with Crippen molar-refractivity contribution < 1.29 is 0 Å². The Kier molecular flexibility index (Phi) is 2.95. The monoisotopic (exact) mass is 251 g/mol. The summed E-state index contributed by atoms with van der Waals surface area (Å²) in [6, 6.07) is 0.696. The first kappa shape index (κ1) is 11.3. The molecule has 2 bridgehead atoms. The predicted octanol–water partition coefficient (Wildman–Crippen LogP) is 3.07. The van der Waals surface area contributed by atoms with Gasteiger partial charge in [-0.1, -0.05) is 24.9 Å². The molecular formula is C13H18ClN3. The summed E-state index contributed by atoms with van der Waals surface area (Å²) in [7, 11) is 0. The maximum absolute atomic E-state index is 6.21. The lowest BCUT2D eigenvalue weighted by Gasteiger charge is -2.29. The smallest absolute Gasteiger partial charge is 0.137 e. The van der Waals surface area contributed by atoms with E-state index in [1.54, 1.807) is 6.33 Å². The molecule has 92 valence electrons. The van der Waals surface area contributed by atoms with Gasteiger partial charge in [-0.2, -0.15) is 0 Å². The predicted molar refractivity (Wildman–Crippen MR) is 69.5 cm³/mol. The lowest BCUT2D eigenvalue weighted by atomic mass is 10.1. The third-order valence-electron chi connectivity index (χ3n) is 4.05. The highest BCUT2D eigenvalue weighted by Crippen LogP contribution is 2.41. The van der Waals surface area contributed by atoms with Crippen molar-refractivity contribution in [3.05, 3.63) is 17.0 Å². The molecule has 3 nitrogen and oxygen atoms in total. The molecule has 2 unspecified atom stereocenters. The number of hydrogen-bond acceptors (Lipinski definition) is 3. The Labute approximate surface area is 107 Å². The van der Waals surface area contributed by atoms with E-state index in [1.807, 2.05) is 0 Å². The average Bonchev–Trinajstić information content (AvgIpc) is 2.94. The Morgan fingerprint density at radius 2 is 2.29 bits per heavy atom. The Hall–Kier alpha value is -0.830. The van der Waals surface area contributed by atoms with Gasteiger partial charge in [0.1, 0.15) is 17.3 Å². The van der Waals surface area contributed by atoms with E-state index in [9.17, 15) is 0 Å². The SMILES string of the molecule is CCCc1c(Cl)ncnc1N1CC2CCC1C2. The second-order valence-corrected chi connectivity index (χ2v) is 5.56. The van der Waals surface area contributed by atoms with Gasteiger partial charge in [0.15, 0.2) is 0 Å². The number of rotatable bonds is 3. The van der Waals surface area contributed by atoms with Crippen LogP contribution < -0.4 is 4.90 Å². The number of hydrogen-bond donors (Lipinski definition) is 0. The minimum absolute atomic E-state index is 0.639. The number of anilines is 1. The summed E-state index contributed by atoms with van der Waals surface area (Å²) in [6.45, 7) is 3.33. The molecule has 17 heavy (non-hydrogen) atoms. The zero-order valence-corrected chi connectivity index (χ0v) is 11.0. The molecule has 4 heteroatoms. The molecule has 1 saturated heterocycles. The first-order chi connectivity index (χ1) is 8.29. The fraction of sp³-hybridized carbons (Fsp3) is 0.692. The van der Waals surface area contributed by atoms with Crippen molar-refractivity contribution >= 4 is 17.4 Å². The number of fused-ring (bicyclic) bond motifs is 2. The summed E-state index contributed by atoms with van der Waals surface area (Å²) < 4.78 is 0. The number of halogens is 1. The Morgan fingerprint density at radius 1 is 1.41 bits per heavy atom. The molecule has 2 fully saturated rings. The van der Waals surface area contributed by atoms with Crippen LogP contribution in [0.3, 0.4) is 0 Å². The lowest BCUT2D eigenvalue weighted by molar-refractivity contribution is 0.548. The van der Waals surface area contributed by atoms with Gasteiger partial charge in [-0.25, -0.2) is 9.97 Å². The summed E-state index contributed by atoms with van der Waals surface area (Å²) >= 11 is 6.21. The third kappa shape index (κ3) is 1.90. The van der Waals surface area contributed by atoms with E-state index in [-0.39, 0.29) is 0 Å². The average molecular weight is 252 g/mol. The van der Waals surface area contributed by atoms with Crippen molar-refractivity contribution in [2.24, 2.45) is 5.92 Å². The largest absolute Gasteiger partial charge is 0.353 e. The van der Waals surface area contributed by atoms with E-state index < -0.39 is 0 Å². The molecule has 1 aromatic heterocycles. The second-order valence-electron chi connectivity index (χ2n) is 5.20. The molecule has 1 aliphatic heterocycles. The van der Waals surface area contributed by atoms with Crippen LogP contribution >= 0.6 is 11.6 Å². The van der Waals surface area contributed by atoms with Gasteiger partial charge in [0.2, 0.25) is 0 Å². The molecule has 0 aromatic carbocycles. The molecule has 0 radical (unpaired) electrons. The standard InChI is InChI=1S/C13H18ClN3/c1-2-3-11-12(14)15-8-16-13(11)17-7-9-4-5-10(17)6-9/h8-10H,2-7H2,1H3. The van der Waals surface area contributed by atoms with E-state index in [0.717, 1.165) is 36.7 Å². The van der Waals surface area contributed by atoms with Crippen molar-refractivity contribution in [1.82, 2.24) is 9.97 Å². The van der Waals surface area contributed by atoms with Crippen LogP contribution in [-0.4, -0.2) is 22.6 Å². The van der Waals surface area contributed by atoms with Crippen LogP contribution in [0.5, 0.6) is 0 Å². The minimum atomic E-state index is 0.639. The van der Waals surface area contributed by atoms with Crippen LogP contribution in [0.25, 0.3) is 0 Å². The van der Waals surface area contributed by atoms with Gasteiger partial charge in [-0.3, -0.25) is 0 Å². The highest BCUT2D eigenvalue weighted by atomic mass is 35.5. The van der Waals surface area contributed by atoms with Crippen molar-refractivity contribution in [3.63, 3.8) is 0 Å². The summed E-state index contributed by atoms with van der Waals surface area (Å²) in [4.78, 5) is 11.1. The van der Waals surface area contributed by atoms with E-state index in [4.69, 9.17) is 11.6 Å². The molecule has 3 rings (SSSR count). The quantitative estimate of drug-likeness (QED) is 0.773. The fourth-order valence-corrected chi connectivity index (χ4v) is 3.50. The molecule has 2 atom stereocenters. The zero-order valence-electron chi connectivity index (χ0n) is 10.2. The van der Waals surface area contributed by atoms with Gasteiger partial charge in [0.05, 0.1) is 0 Å². The van der Waals surface area contributed by atoms with Crippen LogP contribution in [0, 0.1) is 5.92 Å². The van der Waals surface area contributed by atoms with Crippen LogP contribution in [-0.2, 0) is 6.42 Å². The molecule has 0 N–H and O–H groups in total. The highest BCUT2D eigenvalue weighted by molar-refractivity contribution is 6.30. The third-order valence-corrected chi connectivity index (χ3v) is 4.38. The Bertz CT molecular complexity index is 421. The summed E-state index contributed by atoms with van der Waals surface area (Å²) in [5.74, 6) is 1.97. The van der Waals surface area contributed by atoms with Crippen LogP contribution in [0.15, 0.2) is 6.33 Å². The molecule has 0 amide bonds. The van der Waals surface area contributed by atoms with Crippen LogP contribution in [0.1, 0.15) is 38.2 Å². The van der Waals surface area contributed by atoms with Crippen LogP contribution in [0.2, 0.25) is 5.15 Å². The number of aromatic nitrogens is 2. The van der Waals surface area contributed by atoms with Gasteiger partial charge in [0, 0.05) is 18.2 Å². The number of nitrogens with zero attached hydrogens (tertiary/aromatic N) is 3. The summed E-state index contributed by atoms with van der Waals surface area (Å²) in [5, 5.41) is 0.639. The van der Waals surface area contributed by atoms with Gasteiger partial charge in [-0.05, 0) is 31.6 Å². The van der Waals surface area contributed by atoms with E-state index >= 15 is 0 Å². The maximum Gasteiger partial charge on any atom is 0.137 e. The summed E-state index contributed by atoms with van der Waals surface area (Å²) in [5.41, 5.74) is 1.14. The van der Waals surface area contributed by atoms with E-state index in [2.05, 4.69) is 21.8 Å². The van der Waals surface area contributed by atoms with Crippen molar-refractivity contribution in [2.45, 2.75) is 45.1 Å². The summed E-state index contributed by atoms with van der Waals surface area (Å²) in [6.07, 6.45) is 7.71. The molecule has 2 heterocycles. The molecule has 1 saturated carbocycles. The second kappa shape index (κ2) is 4.45. The number of piperidine rings is 1. The maximum atomic E-state index is 6.21. The zero-order chi connectivity index (χ0) is 11.8. The molecule has 0 spiro atoms.